The molecule has 1 heterocycles. The minimum absolute atomic E-state index is 0.128. The minimum Gasteiger partial charge on any atom is -0.325 e. The number of nitrogens with zero attached hydrogens (tertiary/aromatic N) is 2. The number of aromatic amines is 1. The zero-order chi connectivity index (χ0) is 16.8. The molecule has 0 aliphatic heterocycles. The van der Waals surface area contributed by atoms with E-state index in [0.717, 1.165) is 35.9 Å². The molecule has 1 aromatic heterocycles. The molecule has 122 valence electrons. The summed E-state index contributed by atoms with van der Waals surface area (Å²) in [6, 6.07) is 6.05. The summed E-state index contributed by atoms with van der Waals surface area (Å²) in [6.07, 6.45) is 2.80. The Morgan fingerprint density at radius 1 is 1.30 bits per heavy atom. The summed E-state index contributed by atoms with van der Waals surface area (Å²) in [7, 11) is 0. The van der Waals surface area contributed by atoms with E-state index in [9.17, 15) is 9.59 Å². The zero-order valence-corrected chi connectivity index (χ0v) is 14.2. The second-order valence-corrected chi connectivity index (χ2v) is 6.38. The number of hydrogen-bond donors (Lipinski definition) is 2. The fourth-order valence-corrected chi connectivity index (χ4v) is 2.95. The third-order valence-electron chi connectivity index (χ3n) is 3.46. The first-order chi connectivity index (χ1) is 11.0. The van der Waals surface area contributed by atoms with Gasteiger partial charge in [0.25, 0.3) is 5.56 Å². The molecule has 0 fully saturated rings. The highest BCUT2D eigenvalue weighted by atomic mass is 32.2. The molecule has 2 rings (SSSR count). The Hall–Kier alpha value is -2.15. The predicted molar refractivity (Wildman–Crippen MR) is 91.8 cm³/mol. The second-order valence-electron chi connectivity index (χ2n) is 5.05. The van der Waals surface area contributed by atoms with Crippen LogP contribution in [0.4, 0.5) is 5.69 Å². The van der Waals surface area contributed by atoms with Crippen molar-refractivity contribution in [1.82, 2.24) is 15.2 Å². The van der Waals surface area contributed by atoms with E-state index in [2.05, 4.69) is 34.3 Å². The molecular weight excluding hydrogens is 312 g/mol. The number of benzene rings is 1. The molecule has 6 nitrogen and oxygen atoms in total. The molecule has 2 aromatic rings. The molecular formula is C16H20N4O2S. The number of H-pyrrole nitrogens is 1. The molecule has 0 unspecified atom stereocenters. The summed E-state index contributed by atoms with van der Waals surface area (Å²) in [4.78, 5) is 26.2. The van der Waals surface area contributed by atoms with Gasteiger partial charge in [-0.05, 0) is 30.9 Å². The van der Waals surface area contributed by atoms with Crippen molar-refractivity contribution in [3.63, 3.8) is 0 Å². The maximum atomic E-state index is 12.5. The maximum Gasteiger partial charge on any atom is 0.270 e. The van der Waals surface area contributed by atoms with Gasteiger partial charge in [0.05, 0.1) is 5.25 Å². The zero-order valence-electron chi connectivity index (χ0n) is 13.4. The summed E-state index contributed by atoms with van der Waals surface area (Å²) in [5, 5.41) is 10.3. The number of aryl methyl sites for hydroxylation is 2. The van der Waals surface area contributed by atoms with E-state index in [0.29, 0.717) is 5.16 Å². The lowest BCUT2D eigenvalue weighted by molar-refractivity contribution is -0.115. The SMILES string of the molecule is CCc1cccc(CC)c1NC(=O)[C@H](C)Sc1nncc(=O)[nH]1. The summed E-state index contributed by atoms with van der Waals surface area (Å²) in [5.74, 6) is -0.128. The van der Waals surface area contributed by atoms with Gasteiger partial charge in [-0.3, -0.25) is 14.6 Å². The molecule has 7 heteroatoms. The van der Waals surface area contributed by atoms with Gasteiger partial charge in [-0.25, -0.2) is 0 Å². The molecule has 0 aliphatic rings. The van der Waals surface area contributed by atoms with Gasteiger partial charge < -0.3 is 5.32 Å². The standard InChI is InChI=1S/C16H20N4O2S/c1-4-11-7-6-8-12(5-2)14(11)19-15(22)10(3)23-16-18-13(21)9-17-20-16/h6-10H,4-5H2,1-3H3,(H,19,22)(H,18,20,21)/t10-/m0/s1. The molecule has 0 spiro atoms. The number of carbonyl (C=O) groups is 1. The predicted octanol–water partition coefficient (Wildman–Crippen LogP) is 2.41. The molecule has 0 saturated heterocycles. The Kier molecular flexibility index (Phi) is 5.92. The van der Waals surface area contributed by atoms with Crippen molar-refractivity contribution in [3.05, 3.63) is 45.9 Å². The smallest absolute Gasteiger partial charge is 0.270 e. The van der Waals surface area contributed by atoms with Crippen molar-refractivity contribution >= 4 is 23.4 Å². The van der Waals surface area contributed by atoms with E-state index in [4.69, 9.17) is 0 Å². The normalized spacial score (nSPS) is 12.0. The highest BCUT2D eigenvalue weighted by Crippen LogP contribution is 2.25. The second kappa shape index (κ2) is 7.92. The summed E-state index contributed by atoms with van der Waals surface area (Å²) in [5.41, 5.74) is 2.79. The largest absolute Gasteiger partial charge is 0.325 e. The first-order valence-corrected chi connectivity index (χ1v) is 8.43. The Morgan fingerprint density at radius 2 is 1.96 bits per heavy atom. The minimum atomic E-state index is -0.406. The van der Waals surface area contributed by atoms with Crippen LogP contribution < -0.4 is 10.9 Å². The topological polar surface area (TPSA) is 87.7 Å². The van der Waals surface area contributed by atoms with E-state index >= 15 is 0 Å². The summed E-state index contributed by atoms with van der Waals surface area (Å²) >= 11 is 1.17. The lowest BCUT2D eigenvalue weighted by Crippen LogP contribution is -2.24. The fraction of sp³-hybridized carbons (Fsp3) is 0.375. The first kappa shape index (κ1) is 17.2. The monoisotopic (exact) mass is 332 g/mol. The lowest BCUT2D eigenvalue weighted by Gasteiger charge is -2.16. The molecule has 2 N–H and O–H groups in total. The van der Waals surface area contributed by atoms with Crippen LogP contribution >= 0.6 is 11.8 Å². The number of aromatic nitrogens is 3. The average Bonchev–Trinajstić information content (AvgIpc) is 2.54. The van der Waals surface area contributed by atoms with Crippen LogP contribution in [0.25, 0.3) is 0 Å². The number of thioether (sulfide) groups is 1. The van der Waals surface area contributed by atoms with Crippen molar-refractivity contribution in [2.24, 2.45) is 0 Å². The number of para-hydroxylation sites is 1. The Labute approximate surface area is 139 Å². The van der Waals surface area contributed by atoms with Gasteiger partial charge in [0.2, 0.25) is 5.91 Å². The highest BCUT2D eigenvalue weighted by Gasteiger charge is 2.18. The number of hydrogen-bond acceptors (Lipinski definition) is 5. The van der Waals surface area contributed by atoms with Crippen molar-refractivity contribution in [3.8, 4) is 0 Å². The van der Waals surface area contributed by atoms with E-state index < -0.39 is 5.25 Å². The van der Waals surface area contributed by atoms with E-state index in [1.54, 1.807) is 6.92 Å². The molecule has 23 heavy (non-hydrogen) atoms. The number of nitrogens with one attached hydrogen (secondary N) is 2. The fourth-order valence-electron chi connectivity index (χ4n) is 2.20. The molecule has 0 bridgehead atoms. The van der Waals surface area contributed by atoms with Crippen molar-refractivity contribution < 1.29 is 4.79 Å². The number of rotatable bonds is 6. The molecule has 1 atom stereocenters. The first-order valence-electron chi connectivity index (χ1n) is 7.55. The molecule has 0 saturated carbocycles. The Bertz CT molecular complexity index is 723. The van der Waals surface area contributed by atoms with Crippen LogP contribution in [-0.2, 0) is 17.6 Å². The maximum absolute atomic E-state index is 12.5. The van der Waals surface area contributed by atoms with E-state index in [1.165, 1.54) is 11.8 Å². The third kappa shape index (κ3) is 4.41. The quantitative estimate of drug-likeness (QED) is 0.793. The van der Waals surface area contributed by atoms with Gasteiger partial charge in [-0.15, -0.1) is 5.10 Å². The number of anilines is 1. The van der Waals surface area contributed by atoms with Gasteiger partial charge in [0, 0.05) is 5.69 Å². The van der Waals surface area contributed by atoms with E-state index in [1.807, 2.05) is 18.2 Å². The van der Waals surface area contributed by atoms with Crippen LogP contribution in [0.15, 0.2) is 34.3 Å². The van der Waals surface area contributed by atoms with Gasteiger partial charge >= 0.3 is 0 Å². The van der Waals surface area contributed by atoms with Gasteiger partial charge in [-0.1, -0.05) is 43.8 Å². The van der Waals surface area contributed by atoms with E-state index in [-0.39, 0.29) is 11.5 Å². The Balaban J connectivity index is 2.14. The molecule has 0 aliphatic carbocycles. The van der Waals surface area contributed by atoms with Crippen molar-refractivity contribution in [2.45, 2.75) is 44.0 Å². The third-order valence-corrected chi connectivity index (χ3v) is 4.43. The van der Waals surface area contributed by atoms with Crippen LogP contribution in [0.2, 0.25) is 0 Å². The van der Waals surface area contributed by atoms with Crippen molar-refractivity contribution in [2.75, 3.05) is 5.32 Å². The lowest BCUT2D eigenvalue weighted by atomic mass is 10.0. The summed E-state index contributed by atoms with van der Waals surface area (Å²) in [6.45, 7) is 5.90. The molecule has 1 amide bonds. The summed E-state index contributed by atoms with van der Waals surface area (Å²) < 4.78 is 0. The Morgan fingerprint density at radius 3 is 2.52 bits per heavy atom. The molecule has 1 aromatic carbocycles. The van der Waals surface area contributed by atoms with Crippen LogP contribution in [-0.4, -0.2) is 26.3 Å². The van der Waals surface area contributed by atoms with Crippen LogP contribution in [0.1, 0.15) is 31.9 Å². The van der Waals surface area contributed by atoms with Crippen LogP contribution in [0.3, 0.4) is 0 Å². The average molecular weight is 332 g/mol. The van der Waals surface area contributed by atoms with Crippen LogP contribution in [0, 0.1) is 0 Å². The van der Waals surface area contributed by atoms with Gasteiger partial charge in [-0.2, -0.15) is 5.10 Å². The van der Waals surface area contributed by atoms with Gasteiger partial charge in [0.15, 0.2) is 5.16 Å². The van der Waals surface area contributed by atoms with Gasteiger partial charge in [0.1, 0.15) is 6.20 Å². The number of carbonyl (C=O) groups excluding carboxylic acids is 1. The highest BCUT2D eigenvalue weighted by molar-refractivity contribution is 8.00. The van der Waals surface area contributed by atoms with Crippen LogP contribution in [0.5, 0.6) is 0 Å². The number of amides is 1. The molecule has 0 radical (unpaired) electrons. The van der Waals surface area contributed by atoms with Crippen molar-refractivity contribution in [1.29, 1.82) is 0 Å².